The number of benzene rings is 2. The van der Waals surface area contributed by atoms with Gasteiger partial charge in [-0.3, -0.25) is 0 Å². The highest BCUT2D eigenvalue weighted by molar-refractivity contribution is 6.30. The predicted molar refractivity (Wildman–Crippen MR) is 101 cm³/mol. The fraction of sp³-hybridized carbons (Fsp3) is 0.429. The van der Waals surface area contributed by atoms with E-state index in [1.54, 1.807) is 0 Å². The number of halogens is 1. The molecule has 2 nitrogen and oxygen atoms in total. The lowest BCUT2D eigenvalue weighted by Crippen LogP contribution is -2.31. The van der Waals surface area contributed by atoms with E-state index in [4.69, 9.17) is 49.2 Å². The van der Waals surface area contributed by atoms with Gasteiger partial charge in [0.25, 0.3) is 0 Å². The van der Waals surface area contributed by atoms with Crippen LogP contribution in [0.4, 0.5) is 0 Å². The highest BCUT2D eigenvalue weighted by Gasteiger charge is 2.30. The quantitative estimate of drug-likeness (QED) is 0.703. The molecular weight excluding hydrogens is 318 g/mol. The summed E-state index contributed by atoms with van der Waals surface area (Å²) in [5, 5.41) is -0.876. The number of hydrogen-bond donors (Lipinski definition) is 0. The molecule has 128 valence electrons. The third-order valence-corrected chi connectivity index (χ3v) is 3.10. The molecule has 2 aromatic rings. The summed E-state index contributed by atoms with van der Waals surface area (Å²) in [7, 11) is 0. The van der Waals surface area contributed by atoms with Crippen LogP contribution in [0, 0.1) is 0 Å². The Kier molecular flexibility index (Phi) is 1.44. The van der Waals surface area contributed by atoms with Crippen molar-refractivity contribution in [3.05, 3.63) is 70.5 Å². The average molecular weight is 368 g/mol. The molecule has 0 bridgehead atoms. The third kappa shape index (κ3) is 3.83. The van der Waals surface area contributed by atoms with Crippen molar-refractivity contribution in [1.82, 2.24) is 4.90 Å². The Balaban J connectivity index is 2.59. The van der Waals surface area contributed by atoms with Crippen molar-refractivity contribution < 1.29 is 37.6 Å². The van der Waals surface area contributed by atoms with Gasteiger partial charge in [0.2, 0.25) is 0 Å². The molecule has 0 aliphatic carbocycles. The zero-order chi connectivity index (χ0) is 37.9. The van der Waals surface area contributed by atoms with E-state index in [1.807, 2.05) is 0 Å². The summed E-state index contributed by atoms with van der Waals surface area (Å²) in [5.41, 5.74) is -6.90. The van der Waals surface area contributed by atoms with Crippen molar-refractivity contribution in [2.75, 3.05) is 20.0 Å². The topological polar surface area (TPSA) is 12.5 Å². The van der Waals surface area contributed by atoms with E-state index in [9.17, 15) is 0 Å². The minimum absolute atomic E-state index is 0.576. The van der Waals surface area contributed by atoms with Crippen LogP contribution in [0.2, 0.25) is 5.02 Å². The molecule has 3 rings (SSSR count). The van der Waals surface area contributed by atoms with E-state index >= 15 is 0 Å². The lowest BCUT2D eigenvalue weighted by molar-refractivity contribution is -0.0117. The zero-order valence-corrected chi connectivity index (χ0v) is 12.7. The fourth-order valence-electron chi connectivity index (χ4n) is 1.74. The number of nitrogens with zero attached hydrogens (tertiary/aromatic N) is 1. The van der Waals surface area contributed by atoms with Gasteiger partial charge in [-0.2, -0.15) is 0 Å². The smallest absolute Gasteiger partial charge is 0.115 e. The monoisotopic (exact) mass is 367 g/mol. The minimum atomic E-state index is -4.09. The largest absolute Gasteiger partial charge is 0.366 e. The van der Waals surface area contributed by atoms with Crippen molar-refractivity contribution in [2.45, 2.75) is 37.6 Å². The molecule has 1 fully saturated rings. The maximum atomic E-state index is 8.84. The molecule has 1 saturated heterocycles. The van der Waals surface area contributed by atoms with Crippen LogP contribution in [0.1, 0.15) is 70.0 Å². The first kappa shape index (κ1) is 4.49. The van der Waals surface area contributed by atoms with Gasteiger partial charge in [0.15, 0.2) is 0 Å². The van der Waals surface area contributed by atoms with Crippen molar-refractivity contribution in [3.8, 4) is 0 Å². The third-order valence-electron chi connectivity index (χ3n) is 2.91. The van der Waals surface area contributed by atoms with E-state index in [1.165, 1.54) is 0 Å². The standard InChI is InChI=1S/C21H26ClNO/c1-21(17-7-4-3-5-8-17,18-10-12-19(22)13-11-18)24-16-14-20-9-6-15-23(20)2/h3-5,7-8,10-13,20H,6,9,14-16H2,1-2H3/t20-,21+/m0/s1/i1D3,2D3,3D,4D,5D,6D2,7D,8D,9D2,10D,11D,12D,13D,15D2,16D2,20D. The number of rotatable bonds is 6. The van der Waals surface area contributed by atoms with Crippen LogP contribution in [0.3, 0.4) is 0 Å². The highest BCUT2D eigenvalue weighted by Crippen LogP contribution is 2.34. The van der Waals surface area contributed by atoms with E-state index in [0.29, 0.717) is 0 Å². The molecule has 0 saturated carbocycles. The summed E-state index contributed by atoms with van der Waals surface area (Å²) in [6, 6.07) is -15.2. The van der Waals surface area contributed by atoms with Crippen molar-refractivity contribution in [2.24, 2.45) is 0 Å². The summed E-state index contributed by atoms with van der Waals surface area (Å²) in [6.07, 6.45) is -9.85. The molecule has 3 heteroatoms. The van der Waals surface area contributed by atoms with Gasteiger partial charge in [0, 0.05) is 35.4 Å². The van der Waals surface area contributed by atoms with Gasteiger partial charge in [-0.15, -0.1) is 0 Å². The molecule has 0 aromatic heterocycles. The number of ether oxygens (including phenoxy) is 1. The lowest BCUT2D eigenvalue weighted by atomic mass is 9.88. The summed E-state index contributed by atoms with van der Waals surface area (Å²) >= 11 is 5.89. The molecule has 0 amide bonds. The van der Waals surface area contributed by atoms with Crippen molar-refractivity contribution >= 4 is 11.6 Å². The van der Waals surface area contributed by atoms with E-state index in [-0.39, 0.29) is 0 Å². The summed E-state index contributed by atoms with van der Waals surface area (Å²) in [4.78, 5) is -0.576. The zero-order valence-electron chi connectivity index (χ0n) is 35.9. The highest BCUT2D eigenvalue weighted by atomic mass is 35.5. The second-order valence-electron chi connectivity index (χ2n) is 4.44. The van der Waals surface area contributed by atoms with Crippen LogP contribution < -0.4 is 0 Å². The van der Waals surface area contributed by atoms with Gasteiger partial charge in [0.1, 0.15) is 5.60 Å². The van der Waals surface area contributed by atoms with Gasteiger partial charge in [0.05, 0.1) is 15.1 Å². The van der Waals surface area contributed by atoms with Crippen LogP contribution in [0.5, 0.6) is 0 Å². The Hall–Kier alpha value is -1.35. The molecule has 0 spiro atoms. The molecule has 0 unspecified atom stereocenters. The lowest BCUT2D eigenvalue weighted by Gasteiger charge is -2.32. The van der Waals surface area contributed by atoms with Crippen LogP contribution >= 0.6 is 11.6 Å². The van der Waals surface area contributed by atoms with E-state index in [2.05, 4.69) is 0 Å². The molecule has 1 aliphatic heterocycles. The molecular formula is C21H26ClNO. The predicted octanol–water partition coefficient (Wildman–Crippen LogP) is 5.10. The number of hydrogen-bond acceptors (Lipinski definition) is 2. The molecule has 1 aliphatic rings. The van der Waals surface area contributed by atoms with Crippen LogP contribution in [-0.2, 0) is 10.3 Å². The first-order valence-corrected chi connectivity index (χ1v) is 6.85. The maximum Gasteiger partial charge on any atom is 0.115 e. The molecule has 2 atom stereocenters. The maximum absolute atomic E-state index is 8.84. The van der Waals surface area contributed by atoms with Gasteiger partial charge in [-0.05, 0) is 62.7 Å². The van der Waals surface area contributed by atoms with Crippen LogP contribution in [0.15, 0.2) is 54.4 Å². The first-order chi connectivity index (χ1) is 21.1. The molecule has 1 heterocycles. The van der Waals surface area contributed by atoms with Crippen molar-refractivity contribution in [1.29, 1.82) is 0 Å². The van der Waals surface area contributed by atoms with Crippen LogP contribution in [0.25, 0.3) is 0 Å². The van der Waals surface area contributed by atoms with Gasteiger partial charge in [-0.25, -0.2) is 0 Å². The summed E-state index contributed by atoms with van der Waals surface area (Å²) in [6.45, 7) is -15.8. The van der Waals surface area contributed by atoms with Crippen LogP contribution in [-0.4, -0.2) is 30.9 Å². The second kappa shape index (κ2) is 7.69. The molecule has 2 aromatic carbocycles. The SMILES string of the molecule is [2H]c1c([2H])c([2H])c([C@@](OC([2H])([2H])C[C@@]2([2H])N(C([2H])([2H])[2H])C([2H])([2H])C([2H])([2H])C2([2H])[2H])(c2c([2H])c([2H])c(Cl)c([2H])c2[2H])C([2H])([2H])[2H])c([2H])c1[2H]. The Morgan fingerprint density at radius 3 is 2.79 bits per heavy atom. The Labute approximate surface area is 184 Å². The molecule has 0 radical (unpaired) electrons. The Morgan fingerprint density at radius 1 is 1.33 bits per heavy atom. The van der Waals surface area contributed by atoms with E-state index < -0.39 is 133 Å². The number of likely N-dealkylation sites (tertiary alicyclic amines) is 1. The first-order valence-electron chi connectivity index (χ1n) is 18.5. The fourth-order valence-corrected chi connectivity index (χ4v) is 1.84. The van der Waals surface area contributed by atoms with Gasteiger partial charge in [-0.1, -0.05) is 53.9 Å². The normalized spacial score (nSPS) is 46.4. The second-order valence-corrected chi connectivity index (χ2v) is 4.82. The Morgan fingerprint density at radius 2 is 2.08 bits per heavy atom. The Bertz CT molecular complexity index is 1520. The summed E-state index contributed by atoms with van der Waals surface area (Å²) < 4.78 is 204. The van der Waals surface area contributed by atoms with Crippen molar-refractivity contribution in [3.63, 3.8) is 0 Å². The minimum Gasteiger partial charge on any atom is -0.366 e. The average Bonchev–Trinajstić information content (AvgIpc) is 2.98. The van der Waals surface area contributed by atoms with Gasteiger partial charge >= 0.3 is 0 Å². The van der Waals surface area contributed by atoms with E-state index in [0.717, 1.165) is 0 Å². The molecule has 0 N–H and O–H groups in total. The summed E-state index contributed by atoms with van der Waals surface area (Å²) in [5.74, 6) is 0. The molecule has 24 heavy (non-hydrogen) atoms. The van der Waals surface area contributed by atoms with Gasteiger partial charge < -0.3 is 9.64 Å².